The summed E-state index contributed by atoms with van der Waals surface area (Å²) < 4.78 is 0. The maximum absolute atomic E-state index is 11.4. The molecule has 0 aliphatic heterocycles. The highest BCUT2D eigenvalue weighted by Crippen LogP contribution is 2.27. The highest BCUT2D eigenvalue weighted by atomic mass is 16.1. The lowest BCUT2D eigenvalue weighted by molar-refractivity contribution is -0.109. The standard InChI is InChI=1S/C23H23NO/c25-17-16-23(22-14-8-3-9-15-22)24(18-20-10-4-1-5-11-20)19-21-12-6-2-7-13-21/h1-15,17,23H,16,18-19H2. The molecule has 0 aromatic heterocycles. The highest BCUT2D eigenvalue weighted by molar-refractivity contribution is 5.51. The van der Waals surface area contributed by atoms with Crippen LogP contribution >= 0.6 is 0 Å². The van der Waals surface area contributed by atoms with Gasteiger partial charge in [0.25, 0.3) is 0 Å². The van der Waals surface area contributed by atoms with Gasteiger partial charge < -0.3 is 4.79 Å². The molecule has 0 amide bonds. The first-order valence-electron chi connectivity index (χ1n) is 8.67. The van der Waals surface area contributed by atoms with E-state index in [-0.39, 0.29) is 6.04 Å². The molecule has 25 heavy (non-hydrogen) atoms. The van der Waals surface area contributed by atoms with E-state index in [4.69, 9.17) is 0 Å². The summed E-state index contributed by atoms with van der Waals surface area (Å²) in [5, 5.41) is 0. The fourth-order valence-electron chi connectivity index (χ4n) is 3.17. The van der Waals surface area contributed by atoms with Crippen LogP contribution in [0.25, 0.3) is 0 Å². The Morgan fingerprint density at radius 2 is 1.12 bits per heavy atom. The van der Waals surface area contributed by atoms with E-state index in [9.17, 15) is 4.79 Å². The normalized spacial score (nSPS) is 12.0. The van der Waals surface area contributed by atoms with Crippen molar-refractivity contribution in [1.82, 2.24) is 4.90 Å². The maximum Gasteiger partial charge on any atom is 0.121 e. The highest BCUT2D eigenvalue weighted by Gasteiger charge is 2.20. The number of rotatable bonds is 8. The van der Waals surface area contributed by atoms with E-state index < -0.39 is 0 Å². The van der Waals surface area contributed by atoms with Gasteiger partial charge in [0.15, 0.2) is 0 Å². The topological polar surface area (TPSA) is 20.3 Å². The van der Waals surface area contributed by atoms with Gasteiger partial charge in [0.1, 0.15) is 6.29 Å². The fourth-order valence-corrected chi connectivity index (χ4v) is 3.17. The van der Waals surface area contributed by atoms with E-state index in [1.54, 1.807) is 0 Å². The van der Waals surface area contributed by atoms with Crippen molar-refractivity contribution < 1.29 is 4.79 Å². The van der Waals surface area contributed by atoms with Crippen LogP contribution in [0.5, 0.6) is 0 Å². The second kappa shape index (κ2) is 8.95. The van der Waals surface area contributed by atoms with Gasteiger partial charge in [-0.1, -0.05) is 91.0 Å². The number of hydrogen-bond acceptors (Lipinski definition) is 2. The van der Waals surface area contributed by atoms with Crippen LogP contribution in [0.4, 0.5) is 0 Å². The van der Waals surface area contributed by atoms with Crippen LogP contribution in [0.3, 0.4) is 0 Å². The zero-order valence-electron chi connectivity index (χ0n) is 14.3. The quantitative estimate of drug-likeness (QED) is 0.541. The zero-order chi connectivity index (χ0) is 17.3. The van der Waals surface area contributed by atoms with Crippen LogP contribution < -0.4 is 0 Å². The predicted molar refractivity (Wildman–Crippen MR) is 102 cm³/mol. The molecule has 0 saturated carbocycles. The minimum absolute atomic E-state index is 0.0686. The molecule has 126 valence electrons. The Morgan fingerprint density at radius 3 is 1.56 bits per heavy atom. The molecule has 0 spiro atoms. The summed E-state index contributed by atoms with van der Waals surface area (Å²) in [6, 6.07) is 31.3. The number of aldehydes is 1. The average Bonchev–Trinajstić information content (AvgIpc) is 2.68. The van der Waals surface area contributed by atoms with Gasteiger partial charge in [0, 0.05) is 25.6 Å². The van der Waals surface area contributed by atoms with Crippen LogP contribution in [0.1, 0.15) is 29.2 Å². The third kappa shape index (κ3) is 4.88. The van der Waals surface area contributed by atoms with Crippen LogP contribution in [0, 0.1) is 0 Å². The second-order valence-corrected chi connectivity index (χ2v) is 6.21. The first-order chi connectivity index (χ1) is 12.4. The molecule has 0 aliphatic rings. The molecule has 0 heterocycles. The molecule has 0 fully saturated rings. The number of benzene rings is 3. The molecule has 0 N–H and O–H groups in total. The Labute approximate surface area is 149 Å². The fraction of sp³-hybridized carbons (Fsp3) is 0.174. The molecule has 0 bridgehead atoms. The first kappa shape index (κ1) is 17.1. The molecular weight excluding hydrogens is 306 g/mol. The van der Waals surface area contributed by atoms with E-state index in [2.05, 4.69) is 65.6 Å². The first-order valence-corrected chi connectivity index (χ1v) is 8.67. The average molecular weight is 329 g/mol. The van der Waals surface area contributed by atoms with Gasteiger partial charge in [0.2, 0.25) is 0 Å². The van der Waals surface area contributed by atoms with E-state index in [1.807, 2.05) is 30.3 Å². The Balaban J connectivity index is 1.91. The molecule has 2 nitrogen and oxygen atoms in total. The summed E-state index contributed by atoms with van der Waals surface area (Å²) in [6.45, 7) is 1.62. The van der Waals surface area contributed by atoms with Crippen LogP contribution in [-0.2, 0) is 17.9 Å². The predicted octanol–water partition coefficient (Wildman–Crippen LogP) is 5.02. The Hall–Kier alpha value is -2.71. The summed E-state index contributed by atoms with van der Waals surface area (Å²) in [5.74, 6) is 0. The van der Waals surface area contributed by atoms with Gasteiger partial charge in [-0.05, 0) is 16.7 Å². The van der Waals surface area contributed by atoms with Crippen molar-refractivity contribution in [2.45, 2.75) is 25.6 Å². The van der Waals surface area contributed by atoms with Gasteiger partial charge in [0.05, 0.1) is 0 Å². The van der Waals surface area contributed by atoms with Crippen LogP contribution in [0.15, 0.2) is 91.0 Å². The van der Waals surface area contributed by atoms with E-state index in [0.29, 0.717) is 6.42 Å². The molecule has 0 radical (unpaired) electrons. The monoisotopic (exact) mass is 329 g/mol. The minimum atomic E-state index is 0.0686. The summed E-state index contributed by atoms with van der Waals surface area (Å²) in [4.78, 5) is 13.8. The van der Waals surface area contributed by atoms with Crippen molar-refractivity contribution in [2.75, 3.05) is 0 Å². The molecule has 1 unspecified atom stereocenters. The summed E-state index contributed by atoms with van der Waals surface area (Å²) >= 11 is 0. The minimum Gasteiger partial charge on any atom is -0.303 e. The van der Waals surface area contributed by atoms with E-state index in [1.165, 1.54) is 16.7 Å². The lowest BCUT2D eigenvalue weighted by atomic mass is 10.0. The SMILES string of the molecule is O=CCC(c1ccccc1)N(Cc1ccccc1)Cc1ccccc1. The number of carbonyl (C=O) groups is 1. The van der Waals surface area contributed by atoms with Crippen LogP contribution in [-0.4, -0.2) is 11.2 Å². The van der Waals surface area contributed by atoms with E-state index in [0.717, 1.165) is 19.4 Å². The van der Waals surface area contributed by atoms with Gasteiger partial charge in [-0.15, -0.1) is 0 Å². The largest absolute Gasteiger partial charge is 0.303 e. The number of carbonyl (C=O) groups excluding carboxylic acids is 1. The second-order valence-electron chi connectivity index (χ2n) is 6.21. The smallest absolute Gasteiger partial charge is 0.121 e. The van der Waals surface area contributed by atoms with Gasteiger partial charge in [-0.2, -0.15) is 0 Å². The van der Waals surface area contributed by atoms with Crippen molar-refractivity contribution in [3.63, 3.8) is 0 Å². The van der Waals surface area contributed by atoms with Crippen molar-refractivity contribution in [3.8, 4) is 0 Å². The molecule has 0 saturated heterocycles. The van der Waals surface area contributed by atoms with Crippen molar-refractivity contribution in [3.05, 3.63) is 108 Å². The zero-order valence-corrected chi connectivity index (χ0v) is 14.3. The van der Waals surface area contributed by atoms with Crippen molar-refractivity contribution in [1.29, 1.82) is 0 Å². The molecule has 1 atom stereocenters. The maximum atomic E-state index is 11.4. The summed E-state index contributed by atoms with van der Waals surface area (Å²) in [7, 11) is 0. The number of hydrogen-bond donors (Lipinski definition) is 0. The third-order valence-corrected chi connectivity index (χ3v) is 4.40. The third-order valence-electron chi connectivity index (χ3n) is 4.40. The van der Waals surface area contributed by atoms with Crippen molar-refractivity contribution in [2.24, 2.45) is 0 Å². The van der Waals surface area contributed by atoms with Gasteiger partial charge >= 0.3 is 0 Å². The van der Waals surface area contributed by atoms with Crippen molar-refractivity contribution >= 4 is 6.29 Å². The Bertz CT molecular complexity index is 714. The summed E-state index contributed by atoms with van der Waals surface area (Å²) in [6.07, 6.45) is 1.52. The lowest BCUT2D eigenvalue weighted by Crippen LogP contribution is -2.28. The van der Waals surface area contributed by atoms with Gasteiger partial charge in [-0.3, -0.25) is 4.90 Å². The molecule has 3 rings (SSSR count). The van der Waals surface area contributed by atoms with Gasteiger partial charge in [-0.25, -0.2) is 0 Å². The molecular formula is C23H23NO. The Morgan fingerprint density at radius 1 is 0.680 bits per heavy atom. The molecule has 3 aromatic rings. The van der Waals surface area contributed by atoms with E-state index >= 15 is 0 Å². The lowest BCUT2D eigenvalue weighted by Gasteiger charge is -2.31. The molecule has 3 aromatic carbocycles. The summed E-state index contributed by atoms with van der Waals surface area (Å²) in [5.41, 5.74) is 3.69. The number of nitrogens with zero attached hydrogens (tertiary/aromatic N) is 1. The van der Waals surface area contributed by atoms with Crippen LogP contribution in [0.2, 0.25) is 0 Å². The Kier molecular flexibility index (Phi) is 6.13. The molecule has 2 heteroatoms. The molecule has 0 aliphatic carbocycles.